The molecule has 2 N–H and O–H groups in total. The van der Waals surface area contributed by atoms with Gasteiger partial charge < -0.3 is 5.73 Å². The molecule has 0 saturated heterocycles. The van der Waals surface area contributed by atoms with Crippen molar-refractivity contribution in [3.05, 3.63) is 71.3 Å². The SMILES string of the molecule is CC(C)c1ccc(C(N)=S)cc1.CC(C)c1ccccc1. The first-order valence-electron chi connectivity index (χ1n) is 7.36. The van der Waals surface area contributed by atoms with Crippen LogP contribution in [-0.2, 0) is 0 Å². The van der Waals surface area contributed by atoms with Crippen LogP contribution in [0.1, 0.15) is 56.2 Å². The predicted molar refractivity (Wildman–Crippen MR) is 96.9 cm³/mol. The molecule has 0 unspecified atom stereocenters. The summed E-state index contributed by atoms with van der Waals surface area (Å²) in [5.74, 6) is 1.22. The third-order valence-corrected chi connectivity index (χ3v) is 3.56. The van der Waals surface area contributed by atoms with Gasteiger partial charge in [-0.3, -0.25) is 0 Å². The van der Waals surface area contributed by atoms with E-state index in [0.29, 0.717) is 16.8 Å². The van der Waals surface area contributed by atoms with Gasteiger partial charge in [0.25, 0.3) is 0 Å². The minimum absolute atomic E-state index is 0.463. The van der Waals surface area contributed by atoms with Crippen molar-refractivity contribution in [2.75, 3.05) is 0 Å². The van der Waals surface area contributed by atoms with Crippen LogP contribution in [0.4, 0.5) is 0 Å². The number of hydrogen-bond acceptors (Lipinski definition) is 1. The fraction of sp³-hybridized carbons (Fsp3) is 0.316. The Morgan fingerprint density at radius 3 is 1.52 bits per heavy atom. The molecular weight excluding hydrogens is 274 g/mol. The summed E-state index contributed by atoms with van der Waals surface area (Å²) in [5, 5.41) is 0. The molecule has 0 amide bonds. The number of nitrogens with two attached hydrogens (primary N) is 1. The van der Waals surface area contributed by atoms with Gasteiger partial charge in [-0.2, -0.15) is 0 Å². The van der Waals surface area contributed by atoms with Crippen molar-refractivity contribution >= 4 is 17.2 Å². The fourth-order valence-corrected chi connectivity index (χ4v) is 2.01. The van der Waals surface area contributed by atoms with Crippen molar-refractivity contribution in [3.63, 3.8) is 0 Å². The first-order valence-corrected chi connectivity index (χ1v) is 7.77. The van der Waals surface area contributed by atoms with Crippen molar-refractivity contribution in [2.24, 2.45) is 5.73 Å². The predicted octanol–water partition coefficient (Wildman–Crippen LogP) is 5.25. The summed E-state index contributed by atoms with van der Waals surface area (Å²) < 4.78 is 0. The molecule has 0 aliphatic carbocycles. The molecule has 0 heterocycles. The monoisotopic (exact) mass is 299 g/mol. The van der Waals surface area contributed by atoms with Gasteiger partial charge >= 0.3 is 0 Å². The van der Waals surface area contributed by atoms with Crippen LogP contribution in [0.25, 0.3) is 0 Å². The second-order valence-corrected chi connectivity index (χ2v) is 6.15. The molecule has 112 valence electrons. The second kappa shape index (κ2) is 8.58. The Balaban J connectivity index is 0.000000219. The molecule has 21 heavy (non-hydrogen) atoms. The summed E-state index contributed by atoms with van der Waals surface area (Å²) in [5.41, 5.74) is 9.14. The van der Waals surface area contributed by atoms with Crippen molar-refractivity contribution in [1.82, 2.24) is 0 Å². The van der Waals surface area contributed by atoms with Crippen LogP contribution >= 0.6 is 12.2 Å². The molecule has 2 rings (SSSR count). The summed E-state index contributed by atoms with van der Waals surface area (Å²) >= 11 is 4.85. The molecule has 1 nitrogen and oxygen atoms in total. The zero-order valence-electron chi connectivity index (χ0n) is 13.3. The molecule has 0 aliphatic heterocycles. The summed E-state index contributed by atoms with van der Waals surface area (Å²) in [4.78, 5) is 0.463. The van der Waals surface area contributed by atoms with Crippen molar-refractivity contribution in [2.45, 2.75) is 39.5 Å². The molecule has 0 atom stereocenters. The zero-order chi connectivity index (χ0) is 15.8. The fourth-order valence-electron chi connectivity index (χ4n) is 1.87. The molecule has 0 saturated carbocycles. The Hall–Kier alpha value is -1.67. The number of hydrogen-bond donors (Lipinski definition) is 1. The van der Waals surface area contributed by atoms with E-state index in [0.717, 1.165) is 5.56 Å². The Bertz CT molecular complexity index is 542. The van der Waals surface area contributed by atoms with E-state index in [1.807, 2.05) is 18.2 Å². The lowest BCUT2D eigenvalue weighted by atomic mass is 10.0. The van der Waals surface area contributed by atoms with Gasteiger partial charge in [0.15, 0.2) is 0 Å². The van der Waals surface area contributed by atoms with Crippen molar-refractivity contribution < 1.29 is 0 Å². The van der Waals surface area contributed by atoms with E-state index in [-0.39, 0.29) is 0 Å². The van der Waals surface area contributed by atoms with E-state index in [9.17, 15) is 0 Å². The number of benzene rings is 2. The molecule has 2 aromatic rings. The summed E-state index contributed by atoms with van der Waals surface area (Å²) in [6.07, 6.45) is 0. The molecule has 0 spiro atoms. The highest BCUT2D eigenvalue weighted by molar-refractivity contribution is 7.80. The minimum atomic E-state index is 0.463. The maximum atomic E-state index is 5.47. The second-order valence-electron chi connectivity index (χ2n) is 5.71. The van der Waals surface area contributed by atoms with E-state index in [4.69, 9.17) is 18.0 Å². The highest BCUT2D eigenvalue weighted by Crippen LogP contribution is 2.14. The maximum absolute atomic E-state index is 5.47. The van der Waals surface area contributed by atoms with Gasteiger partial charge in [0.1, 0.15) is 4.99 Å². The molecule has 0 bridgehead atoms. The Kier molecular flexibility index (Phi) is 7.10. The van der Waals surface area contributed by atoms with Crippen molar-refractivity contribution in [3.8, 4) is 0 Å². The molecular formula is C19H25NS. The Morgan fingerprint density at radius 2 is 1.19 bits per heavy atom. The van der Waals surface area contributed by atoms with Gasteiger partial charge in [0.2, 0.25) is 0 Å². The smallest absolute Gasteiger partial charge is 0.103 e. The van der Waals surface area contributed by atoms with E-state index in [1.165, 1.54) is 11.1 Å². The largest absolute Gasteiger partial charge is 0.389 e. The van der Waals surface area contributed by atoms with Crippen LogP contribution in [0.3, 0.4) is 0 Å². The van der Waals surface area contributed by atoms with Crippen LogP contribution in [0.5, 0.6) is 0 Å². The van der Waals surface area contributed by atoms with Crippen LogP contribution in [-0.4, -0.2) is 4.99 Å². The topological polar surface area (TPSA) is 26.0 Å². The molecule has 2 heteroatoms. The standard InChI is InChI=1S/C10H13NS.C9H12/c1-7(2)8-3-5-9(6-4-8)10(11)12;1-8(2)9-6-4-3-5-7-9/h3-7H,1-2H3,(H2,11,12);3-8H,1-2H3. The summed E-state index contributed by atoms with van der Waals surface area (Å²) in [7, 11) is 0. The molecule has 0 fully saturated rings. The zero-order valence-corrected chi connectivity index (χ0v) is 14.2. The first kappa shape index (κ1) is 17.4. The first-order chi connectivity index (χ1) is 9.91. The van der Waals surface area contributed by atoms with Gasteiger partial charge in [0.05, 0.1) is 0 Å². The number of rotatable bonds is 3. The lowest BCUT2D eigenvalue weighted by molar-refractivity contribution is 0.866. The quantitative estimate of drug-likeness (QED) is 0.783. The van der Waals surface area contributed by atoms with Crippen LogP contribution in [0, 0.1) is 0 Å². The number of thiocarbonyl (C=S) groups is 1. The van der Waals surface area contributed by atoms with E-state index < -0.39 is 0 Å². The Labute approximate surface area is 134 Å². The maximum Gasteiger partial charge on any atom is 0.103 e. The third kappa shape index (κ3) is 6.09. The summed E-state index contributed by atoms with van der Waals surface area (Å²) in [6, 6.07) is 18.6. The summed E-state index contributed by atoms with van der Waals surface area (Å²) in [6.45, 7) is 8.73. The van der Waals surface area contributed by atoms with Crippen LogP contribution in [0.2, 0.25) is 0 Å². The lowest BCUT2D eigenvalue weighted by Crippen LogP contribution is -2.08. The Morgan fingerprint density at radius 1 is 0.762 bits per heavy atom. The third-order valence-electron chi connectivity index (χ3n) is 3.33. The average molecular weight is 299 g/mol. The molecule has 0 aliphatic rings. The molecule has 2 aromatic carbocycles. The molecule has 0 aromatic heterocycles. The van der Waals surface area contributed by atoms with Gasteiger partial charge in [-0.15, -0.1) is 0 Å². The van der Waals surface area contributed by atoms with E-state index >= 15 is 0 Å². The van der Waals surface area contributed by atoms with Crippen LogP contribution in [0.15, 0.2) is 54.6 Å². The minimum Gasteiger partial charge on any atom is -0.389 e. The van der Waals surface area contributed by atoms with Gasteiger partial charge in [-0.25, -0.2) is 0 Å². The van der Waals surface area contributed by atoms with Gasteiger partial charge in [-0.05, 0) is 23.0 Å². The highest BCUT2D eigenvalue weighted by Gasteiger charge is 1.99. The molecule has 0 radical (unpaired) electrons. The van der Waals surface area contributed by atoms with E-state index in [1.54, 1.807) is 0 Å². The van der Waals surface area contributed by atoms with Crippen molar-refractivity contribution in [1.29, 1.82) is 0 Å². The van der Waals surface area contributed by atoms with Gasteiger partial charge in [0, 0.05) is 5.56 Å². The highest BCUT2D eigenvalue weighted by atomic mass is 32.1. The lowest BCUT2D eigenvalue weighted by Gasteiger charge is -2.05. The normalized spacial score (nSPS) is 10.2. The average Bonchev–Trinajstić information content (AvgIpc) is 2.49. The van der Waals surface area contributed by atoms with Crippen LogP contribution < -0.4 is 5.73 Å². The van der Waals surface area contributed by atoms with Gasteiger partial charge in [-0.1, -0.05) is 94.5 Å². The van der Waals surface area contributed by atoms with E-state index in [2.05, 4.69) is 64.1 Å².